The summed E-state index contributed by atoms with van der Waals surface area (Å²) in [5.74, 6) is -2.98. The van der Waals surface area contributed by atoms with Crippen LogP contribution in [0.15, 0.2) is 42.5 Å². The highest BCUT2D eigenvalue weighted by Crippen LogP contribution is 2.58. The highest BCUT2D eigenvalue weighted by molar-refractivity contribution is 6.34. The lowest BCUT2D eigenvalue weighted by atomic mass is 9.73. The maximum absolute atomic E-state index is 16.1. The van der Waals surface area contributed by atoms with Crippen molar-refractivity contribution in [2.24, 2.45) is 5.73 Å². The van der Waals surface area contributed by atoms with E-state index in [0.717, 1.165) is 11.6 Å². The van der Waals surface area contributed by atoms with Crippen molar-refractivity contribution in [2.45, 2.75) is 43.7 Å². The van der Waals surface area contributed by atoms with E-state index in [1.807, 2.05) is 37.3 Å². The van der Waals surface area contributed by atoms with Gasteiger partial charge in [0.2, 0.25) is 5.91 Å². The number of rotatable bonds is 4. The molecule has 36 heavy (non-hydrogen) atoms. The molecule has 0 radical (unpaired) electrons. The summed E-state index contributed by atoms with van der Waals surface area (Å²) in [5.41, 5.74) is 5.81. The quantitative estimate of drug-likeness (QED) is 0.486. The third kappa shape index (κ3) is 3.19. The van der Waals surface area contributed by atoms with Crippen molar-refractivity contribution in [3.63, 3.8) is 0 Å². The summed E-state index contributed by atoms with van der Waals surface area (Å²) in [7, 11) is 0. The Kier molecular flexibility index (Phi) is 4.93. The molecule has 8 heteroatoms. The number of hydrogen-bond donors (Lipinski definition) is 2. The predicted octanol–water partition coefficient (Wildman–Crippen LogP) is 5.46. The first-order valence-corrected chi connectivity index (χ1v) is 12.3. The van der Waals surface area contributed by atoms with E-state index in [2.05, 4.69) is 5.32 Å². The molecule has 186 valence electrons. The molecule has 3 aromatic carbocycles. The summed E-state index contributed by atoms with van der Waals surface area (Å²) in [6.07, 6.45) is 1.11. The molecule has 3 atom stereocenters. The Bertz CT molecular complexity index is 1490. The van der Waals surface area contributed by atoms with Gasteiger partial charge in [-0.25, -0.2) is 8.78 Å². The first-order chi connectivity index (χ1) is 18.0. The Morgan fingerprint density at radius 2 is 2.03 bits per heavy atom. The first-order valence-electron chi connectivity index (χ1n) is 12.9. The molecule has 0 spiro atoms. The summed E-state index contributed by atoms with van der Waals surface area (Å²) in [6.45, 7) is 0.478. The van der Waals surface area contributed by atoms with Gasteiger partial charge in [0.25, 0.3) is 0 Å². The Hall–Kier alpha value is -3.16. The third-order valence-corrected chi connectivity index (χ3v) is 7.96. The molecule has 1 fully saturated rings. The van der Waals surface area contributed by atoms with Crippen LogP contribution < -0.4 is 20.5 Å². The highest BCUT2D eigenvalue weighted by atomic mass is 35.5. The van der Waals surface area contributed by atoms with E-state index in [-0.39, 0.29) is 46.2 Å². The predicted molar refractivity (Wildman–Crippen MR) is 133 cm³/mol. The van der Waals surface area contributed by atoms with E-state index in [1.54, 1.807) is 0 Å². The molecule has 3 N–H and O–H groups in total. The van der Waals surface area contributed by atoms with Gasteiger partial charge >= 0.3 is 0 Å². The molecule has 0 aliphatic carbocycles. The van der Waals surface area contributed by atoms with Crippen molar-refractivity contribution in [3.05, 3.63) is 81.4 Å². The minimum Gasteiger partial charge on any atom is -0.490 e. The van der Waals surface area contributed by atoms with Gasteiger partial charge < -0.3 is 20.5 Å². The van der Waals surface area contributed by atoms with Gasteiger partial charge in [0.15, 0.2) is 17.2 Å². The highest BCUT2D eigenvalue weighted by Gasteiger charge is 2.55. The molecule has 0 bridgehead atoms. The van der Waals surface area contributed by atoms with Crippen molar-refractivity contribution in [1.82, 2.24) is 5.32 Å². The molecule has 3 aliphatic rings. The Labute approximate surface area is 215 Å². The van der Waals surface area contributed by atoms with Gasteiger partial charge in [-0.15, -0.1) is 0 Å². The van der Waals surface area contributed by atoms with Crippen LogP contribution >= 0.6 is 11.6 Å². The number of nitrogens with one attached hydrogen (secondary N) is 1. The van der Waals surface area contributed by atoms with Crippen molar-refractivity contribution in [1.29, 1.82) is 0 Å². The summed E-state index contributed by atoms with van der Waals surface area (Å²) < 4.78 is 60.1. The second-order valence-corrected chi connectivity index (χ2v) is 9.80. The zero-order valence-electron chi connectivity index (χ0n) is 21.5. The van der Waals surface area contributed by atoms with Gasteiger partial charge in [0, 0.05) is 43.4 Å². The monoisotopic (exact) mass is 512 g/mol. The number of ether oxygens (including phenoxy) is 2. The molecular formula is C28H25ClF2N2O3. The summed E-state index contributed by atoms with van der Waals surface area (Å²) in [4.78, 5) is 12.5. The van der Waals surface area contributed by atoms with Crippen LogP contribution in [-0.2, 0) is 12.0 Å². The molecule has 5 nitrogen and oxygen atoms in total. The number of fused-ring (bicyclic) bond motifs is 2. The lowest BCUT2D eigenvalue weighted by Gasteiger charge is -2.39. The second-order valence-electron chi connectivity index (χ2n) is 9.42. The zero-order valence-corrected chi connectivity index (χ0v) is 20.2. The fourth-order valence-corrected chi connectivity index (χ4v) is 6.23. The van der Waals surface area contributed by atoms with E-state index in [1.165, 1.54) is 6.07 Å². The molecule has 6 rings (SSSR count). The molecule has 0 unspecified atom stereocenters. The SMILES string of the molecule is [2H]C1([2H])CC[C@@H]([C@]2(c3ccccc3)Oc3cc(F)c(Cl)c(-c4c(C(N)=O)cc5c(c4F)OCC5)c3[C@@H]2C)N1. The topological polar surface area (TPSA) is 73.6 Å². The lowest BCUT2D eigenvalue weighted by molar-refractivity contribution is 0.0333. The number of carbonyl (C=O) groups is 1. The standard InChI is InChI=1S/C28H25ClF2N2O3/c1-14-21-19(36-28(14,20-8-5-10-33-20)16-6-3-2-4-7-16)13-18(30)24(29)23(21)22-17(27(32)34)12-15-9-11-35-26(15)25(22)31/h2-4,6-7,12-14,20,33H,5,8-11H2,1H3,(H2,32,34)/t14-,20-,28-/m0/s1/i10D2. The average molecular weight is 513 g/mol. The number of halogens is 3. The zero-order chi connectivity index (χ0) is 27.0. The van der Waals surface area contributed by atoms with Crippen LogP contribution in [-0.4, -0.2) is 25.1 Å². The number of carbonyl (C=O) groups excluding carboxylic acids is 1. The van der Waals surface area contributed by atoms with E-state index in [0.29, 0.717) is 24.0 Å². The van der Waals surface area contributed by atoms with Gasteiger partial charge in [0.1, 0.15) is 11.6 Å². The van der Waals surface area contributed by atoms with Crippen molar-refractivity contribution < 1.29 is 25.8 Å². The van der Waals surface area contributed by atoms with Crippen LogP contribution in [0.5, 0.6) is 11.5 Å². The largest absolute Gasteiger partial charge is 0.490 e. The minimum atomic E-state index is -1.63. The molecule has 1 saturated heterocycles. The van der Waals surface area contributed by atoms with Gasteiger partial charge in [-0.1, -0.05) is 48.9 Å². The fraction of sp³-hybridized carbons (Fsp3) is 0.321. The van der Waals surface area contributed by atoms with E-state index < -0.39 is 41.6 Å². The number of nitrogens with two attached hydrogens (primary N) is 1. The van der Waals surface area contributed by atoms with E-state index >= 15 is 8.78 Å². The smallest absolute Gasteiger partial charge is 0.249 e. The summed E-state index contributed by atoms with van der Waals surface area (Å²) in [5, 5.41) is 2.69. The summed E-state index contributed by atoms with van der Waals surface area (Å²) in [6, 6.07) is 11.4. The van der Waals surface area contributed by atoms with Crippen LogP contribution in [0, 0.1) is 11.6 Å². The second kappa shape index (κ2) is 8.46. The molecule has 3 aromatic rings. The van der Waals surface area contributed by atoms with Crippen molar-refractivity contribution in [3.8, 4) is 22.6 Å². The van der Waals surface area contributed by atoms with Crippen LogP contribution in [0.25, 0.3) is 11.1 Å². The maximum atomic E-state index is 16.1. The molecule has 1 amide bonds. The van der Waals surface area contributed by atoms with Crippen LogP contribution in [0.1, 0.15) is 55.5 Å². The lowest BCUT2D eigenvalue weighted by Crippen LogP contribution is -2.50. The minimum absolute atomic E-state index is 0.00868. The van der Waals surface area contributed by atoms with Gasteiger partial charge in [-0.05, 0) is 31.0 Å². The van der Waals surface area contributed by atoms with Crippen molar-refractivity contribution in [2.75, 3.05) is 13.1 Å². The van der Waals surface area contributed by atoms with Crippen molar-refractivity contribution >= 4 is 17.5 Å². The Balaban J connectivity index is 1.63. The van der Waals surface area contributed by atoms with E-state index in [4.69, 9.17) is 29.5 Å². The van der Waals surface area contributed by atoms with Gasteiger partial charge in [0.05, 0.1) is 23.2 Å². The fourth-order valence-electron chi connectivity index (χ4n) is 5.98. The van der Waals surface area contributed by atoms with Crippen LogP contribution in [0.4, 0.5) is 8.78 Å². The summed E-state index contributed by atoms with van der Waals surface area (Å²) >= 11 is 6.55. The third-order valence-electron chi connectivity index (χ3n) is 7.59. The molecular weight excluding hydrogens is 486 g/mol. The van der Waals surface area contributed by atoms with E-state index in [9.17, 15) is 4.79 Å². The number of amides is 1. The Morgan fingerprint density at radius 1 is 1.25 bits per heavy atom. The number of primary amides is 1. The number of benzene rings is 3. The van der Waals surface area contributed by atoms with Gasteiger partial charge in [-0.2, -0.15) is 0 Å². The Morgan fingerprint density at radius 3 is 2.72 bits per heavy atom. The maximum Gasteiger partial charge on any atom is 0.249 e. The molecule has 3 heterocycles. The van der Waals surface area contributed by atoms with Crippen LogP contribution in [0.2, 0.25) is 5.02 Å². The van der Waals surface area contributed by atoms with Gasteiger partial charge in [-0.3, -0.25) is 4.79 Å². The molecule has 0 saturated carbocycles. The molecule has 3 aliphatic heterocycles. The number of hydrogen-bond acceptors (Lipinski definition) is 4. The molecule has 0 aromatic heterocycles. The normalized spacial score (nSPS) is 26.4. The average Bonchev–Trinajstić information content (AvgIpc) is 3.57. The van der Waals surface area contributed by atoms with Crippen LogP contribution in [0.3, 0.4) is 0 Å². The first kappa shape index (κ1) is 21.0.